The quantitative estimate of drug-likeness (QED) is 0.613. The smallest absolute Gasteiger partial charge is 0.302 e. The van der Waals surface area contributed by atoms with Crippen molar-refractivity contribution in [3.63, 3.8) is 0 Å². The van der Waals surface area contributed by atoms with E-state index in [1.807, 2.05) is 0 Å². The molecule has 7 nitrogen and oxygen atoms in total. The number of hydrogen-bond acceptors (Lipinski definition) is 4. The van der Waals surface area contributed by atoms with Crippen molar-refractivity contribution >= 4 is 11.5 Å². The number of aromatic nitrogens is 2. The number of hydrogen-bond donors (Lipinski definition) is 1. The summed E-state index contributed by atoms with van der Waals surface area (Å²) in [6.45, 7) is 3.29. The van der Waals surface area contributed by atoms with Gasteiger partial charge in [-0.25, -0.2) is 4.79 Å². The van der Waals surface area contributed by atoms with Crippen molar-refractivity contribution in [2.45, 2.75) is 19.5 Å². The summed E-state index contributed by atoms with van der Waals surface area (Å²) in [5.41, 5.74) is -1.97. The Balaban J connectivity index is 2.93. The number of anilines is 1. The highest BCUT2D eigenvalue weighted by atomic mass is 16.3. The molecule has 0 amide bonds. The predicted octanol–water partition coefficient (Wildman–Crippen LogP) is -0.344. The van der Waals surface area contributed by atoms with Crippen LogP contribution in [0, 0.1) is 4.91 Å². The van der Waals surface area contributed by atoms with Gasteiger partial charge in [-0.05, 0) is 0 Å². The molecule has 1 aromatic heterocycles. The lowest BCUT2D eigenvalue weighted by Crippen LogP contribution is -2.37. The molecule has 0 unspecified atom stereocenters. The highest BCUT2D eigenvalue weighted by Gasteiger charge is 2.50. The van der Waals surface area contributed by atoms with E-state index in [2.05, 4.69) is 5.32 Å². The molecule has 0 aromatic carbocycles. The SMILES string of the molecule is Cn1c2c(c(=O)n(C)c1=O)[N+](=O)C(C)(C)N2. The van der Waals surface area contributed by atoms with Gasteiger partial charge < -0.3 is 5.32 Å². The van der Waals surface area contributed by atoms with Gasteiger partial charge in [-0.1, -0.05) is 0 Å². The molecule has 2 heterocycles. The van der Waals surface area contributed by atoms with Crippen molar-refractivity contribution in [2.24, 2.45) is 14.1 Å². The number of nitrogens with zero attached hydrogens (tertiary/aromatic N) is 3. The number of nitroso groups, excluding NO2 is 1. The highest BCUT2D eigenvalue weighted by molar-refractivity contribution is 5.59. The van der Waals surface area contributed by atoms with Crippen molar-refractivity contribution in [3.05, 3.63) is 25.7 Å². The first kappa shape index (κ1) is 10.6. The molecule has 1 aromatic rings. The van der Waals surface area contributed by atoms with Crippen LogP contribution < -0.4 is 16.6 Å². The standard InChI is InChI=1S/C9H12N4O3/c1-9(2)10-6-5(13(9)16)7(14)12(4)8(15)11(6)3/h1-4H3/p+1. The van der Waals surface area contributed by atoms with E-state index in [9.17, 15) is 14.5 Å². The van der Waals surface area contributed by atoms with E-state index in [1.165, 1.54) is 18.7 Å². The van der Waals surface area contributed by atoms with Gasteiger partial charge in [0.25, 0.3) is 5.66 Å². The molecule has 0 saturated heterocycles. The van der Waals surface area contributed by atoms with Crippen molar-refractivity contribution < 1.29 is 4.76 Å². The molecular weight excluding hydrogens is 212 g/mol. The number of fused-ring (bicyclic) bond motifs is 1. The van der Waals surface area contributed by atoms with Gasteiger partial charge in [0.1, 0.15) is 0 Å². The van der Waals surface area contributed by atoms with Gasteiger partial charge in [0, 0.05) is 32.8 Å². The van der Waals surface area contributed by atoms with E-state index in [-0.39, 0.29) is 11.5 Å². The number of nitrogens with one attached hydrogen (secondary N) is 1. The molecule has 1 aliphatic heterocycles. The third-order valence-electron chi connectivity index (χ3n) is 2.78. The lowest BCUT2D eigenvalue weighted by Gasteiger charge is -2.08. The van der Waals surface area contributed by atoms with E-state index < -0.39 is 16.9 Å². The van der Waals surface area contributed by atoms with E-state index in [1.54, 1.807) is 13.8 Å². The van der Waals surface area contributed by atoms with Gasteiger partial charge in [0.05, 0.1) is 4.76 Å². The third kappa shape index (κ3) is 1.08. The van der Waals surface area contributed by atoms with Crippen molar-refractivity contribution in [1.29, 1.82) is 0 Å². The van der Waals surface area contributed by atoms with Crippen LogP contribution in [0.1, 0.15) is 13.8 Å². The van der Waals surface area contributed by atoms with Crippen LogP contribution in [0.3, 0.4) is 0 Å². The average Bonchev–Trinajstić information content (AvgIpc) is 2.45. The minimum absolute atomic E-state index is 0.0189. The second kappa shape index (κ2) is 2.81. The molecule has 16 heavy (non-hydrogen) atoms. The summed E-state index contributed by atoms with van der Waals surface area (Å²) in [7, 11) is 2.87. The summed E-state index contributed by atoms with van der Waals surface area (Å²) in [4.78, 5) is 35.3. The normalized spacial score (nSPS) is 17.1. The maximum atomic E-state index is 11.9. The van der Waals surface area contributed by atoms with Gasteiger partial charge in [-0.2, -0.15) is 0 Å². The molecule has 0 bridgehead atoms. The van der Waals surface area contributed by atoms with Crippen LogP contribution in [0.25, 0.3) is 0 Å². The Morgan fingerprint density at radius 2 is 1.75 bits per heavy atom. The first-order valence-electron chi connectivity index (χ1n) is 4.83. The zero-order valence-electron chi connectivity index (χ0n) is 9.57. The topological polar surface area (TPSA) is 76.1 Å². The van der Waals surface area contributed by atoms with Gasteiger partial charge >= 0.3 is 16.9 Å². The Bertz CT molecular complexity index is 608. The van der Waals surface area contributed by atoms with Crippen molar-refractivity contribution in [3.8, 4) is 0 Å². The van der Waals surface area contributed by atoms with Crippen LogP contribution in [0.2, 0.25) is 0 Å². The molecular formula is C9H13N4O3+. The molecule has 1 aliphatic rings. The minimum atomic E-state index is -0.917. The third-order valence-corrected chi connectivity index (χ3v) is 2.78. The van der Waals surface area contributed by atoms with Gasteiger partial charge in [0.15, 0.2) is 5.82 Å². The summed E-state index contributed by atoms with van der Waals surface area (Å²) in [5.74, 6) is 0.271. The summed E-state index contributed by atoms with van der Waals surface area (Å²) in [6, 6.07) is 0. The fourth-order valence-electron chi connectivity index (χ4n) is 1.77. The summed E-state index contributed by atoms with van der Waals surface area (Å²) < 4.78 is 2.79. The fraction of sp³-hybridized carbons (Fsp3) is 0.556. The van der Waals surface area contributed by atoms with Gasteiger partial charge in [0.2, 0.25) is 0 Å². The average molecular weight is 225 g/mol. The van der Waals surface area contributed by atoms with E-state index in [0.29, 0.717) is 4.76 Å². The second-order valence-electron chi connectivity index (χ2n) is 4.38. The van der Waals surface area contributed by atoms with Crippen LogP contribution in [0.5, 0.6) is 0 Å². The molecule has 1 N–H and O–H groups in total. The zero-order chi connectivity index (χ0) is 12.2. The van der Waals surface area contributed by atoms with E-state index in [4.69, 9.17) is 0 Å². The Kier molecular flexibility index (Phi) is 1.86. The molecule has 2 rings (SSSR count). The monoisotopic (exact) mass is 225 g/mol. The zero-order valence-corrected chi connectivity index (χ0v) is 9.57. The van der Waals surface area contributed by atoms with Crippen LogP contribution in [0.4, 0.5) is 11.5 Å². The molecule has 0 saturated carbocycles. The van der Waals surface area contributed by atoms with Crippen LogP contribution in [-0.2, 0) is 14.1 Å². The Morgan fingerprint density at radius 1 is 1.19 bits per heavy atom. The largest absolute Gasteiger partial charge is 0.364 e. The highest BCUT2D eigenvalue weighted by Crippen LogP contribution is 2.32. The summed E-state index contributed by atoms with van der Waals surface area (Å²) in [5, 5.41) is 2.86. The van der Waals surface area contributed by atoms with E-state index >= 15 is 0 Å². The lowest BCUT2D eigenvalue weighted by atomic mass is 10.3. The van der Waals surface area contributed by atoms with Gasteiger partial charge in [-0.15, -0.1) is 0 Å². The van der Waals surface area contributed by atoms with Crippen LogP contribution in [-0.4, -0.2) is 19.6 Å². The van der Waals surface area contributed by atoms with Crippen LogP contribution in [0.15, 0.2) is 9.59 Å². The van der Waals surface area contributed by atoms with Gasteiger partial charge in [-0.3, -0.25) is 13.9 Å². The van der Waals surface area contributed by atoms with Crippen molar-refractivity contribution in [2.75, 3.05) is 5.32 Å². The van der Waals surface area contributed by atoms with E-state index in [0.717, 1.165) is 4.57 Å². The molecule has 0 aliphatic carbocycles. The van der Waals surface area contributed by atoms with Crippen LogP contribution >= 0.6 is 0 Å². The summed E-state index contributed by atoms with van der Waals surface area (Å²) >= 11 is 0. The lowest BCUT2D eigenvalue weighted by molar-refractivity contribution is -0.528. The van der Waals surface area contributed by atoms with Crippen molar-refractivity contribution in [1.82, 2.24) is 9.13 Å². The molecule has 0 radical (unpaired) electrons. The minimum Gasteiger partial charge on any atom is -0.302 e. The molecule has 7 heteroatoms. The Labute approximate surface area is 90.9 Å². The maximum Gasteiger partial charge on any atom is 0.364 e. The molecule has 0 spiro atoms. The predicted molar refractivity (Wildman–Crippen MR) is 57.9 cm³/mol. The first-order chi connectivity index (χ1) is 7.27. The Morgan fingerprint density at radius 3 is 2.31 bits per heavy atom. The first-order valence-corrected chi connectivity index (χ1v) is 4.83. The molecule has 86 valence electrons. The maximum absolute atomic E-state index is 11.9. The molecule has 0 fully saturated rings. The second-order valence-corrected chi connectivity index (χ2v) is 4.38. The Hall–Kier alpha value is -1.92. The fourth-order valence-corrected chi connectivity index (χ4v) is 1.77. The molecule has 0 atom stereocenters. The summed E-state index contributed by atoms with van der Waals surface area (Å²) in [6.07, 6.45) is 0. The number of rotatable bonds is 0.